The van der Waals surface area contributed by atoms with Gasteiger partial charge in [-0.1, -0.05) is 59.7 Å². The van der Waals surface area contributed by atoms with Gasteiger partial charge in [-0.15, -0.1) is 0 Å². The Bertz CT molecular complexity index is 1920. The third-order valence-corrected chi connectivity index (χ3v) is 7.75. The first kappa shape index (κ1) is 39.7. The van der Waals surface area contributed by atoms with Crippen LogP contribution in [-0.4, -0.2) is 24.6 Å². The van der Waals surface area contributed by atoms with E-state index in [2.05, 4.69) is 9.97 Å². The molecule has 2 heterocycles. The molecule has 0 radical (unpaired) electrons. The number of hydrogen-bond donors (Lipinski definition) is 0. The van der Waals surface area contributed by atoms with Crippen LogP contribution in [-0.2, 0) is 43.5 Å². The molecule has 6 aromatic rings. The SMILES string of the molecule is Cc1ccc(-c2cnc(-c3ccc(C(F)(F)F)cc3F)n2C)cc1.Cc1ccc(-c2cnc(-c3ccc(C(F)(F)F)cc3F)n2C)cc1.O.[Fe]. The van der Waals surface area contributed by atoms with E-state index >= 15 is 0 Å². The van der Waals surface area contributed by atoms with E-state index in [0.717, 1.165) is 57.9 Å². The van der Waals surface area contributed by atoms with Crippen LogP contribution in [0.15, 0.2) is 97.3 Å². The summed E-state index contributed by atoms with van der Waals surface area (Å²) in [6.07, 6.45) is -5.99. The number of halogens is 8. The van der Waals surface area contributed by atoms with Gasteiger partial charge in [-0.2, -0.15) is 26.3 Å². The first-order valence-corrected chi connectivity index (χ1v) is 14.5. The molecule has 14 heteroatoms. The van der Waals surface area contributed by atoms with Crippen molar-refractivity contribution in [1.29, 1.82) is 0 Å². The molecule has 0 bridgehead atoms. The molecular formula is C36H30F8FeN4O. The molecule has 6 rings (SSSR count). The van der Waals surface area contributed by atoms with E-state index in [4.69, 9.17) is 0 Å². The van der Waals surface area contributed by atoms with E-state index in [9.17, 15) is 35.1 Å². The molecule has 0 aliphatic heterocycles. The monoisotopic (exact) mass is 742 g/mol. The normalized spacial score (nSPS) is 11.3. The maximum atomic E-state index is 14.2. The van der Waals surface area contributed by atoms with Crippen molar-refractivity contribution in [2.45, 2.75) is 26.2 Å². The molecule has 50 heavy (non-hydrogen) atoms. The van der Waals surface area contributed by atoms with Gasteiger partial charge >= 0.3 is 12.4 Å². The van der Waals surface area contributed by atoms with Gasteiger partial charge in [-0.3, -0.25) is 0 Å². The topological polar surface area (TPSA) is 67.1 Å². The van der Waals surface area contributed by atoms with Gasteiger partial charge in [0.05, 0.1) is 46.0 Å². The predicted octanol–water partition coefficient (Wildman–Crippen LogP) is 9.61. The standard InChI is InChI=1S/2C18H14F4N2.Fe.H2O/c2*1-11-3-5-12(6-4-11)16-10-23-17(24(16)2)14-8-7-13(9-15(14)19)18(20,21)22;;/h2*3-10H,1-2H3;;1H2. The number of aryl methyl sites for hydroxylation is 2. The molecule has 0 saturated heterocycles. The van der Waals surface area contributed by atoms with Crippen molar-refractivity contribution in [2.75, 3.05) is 0 Å². The fraction of sp³-hybridized carbons (Fsp3) is 0.167. The number of nitrogens with zero attached hydrogens (tertiary/aromatic N) is 4. The number of benzene rings is 4. The molecule has 4 aromatic carbocycles. The van der Waals surface area contributed by atoms with E-state index in [0.29, 0.717) is 12.1 Å². The van der Waals surface area contributed by atoms with Crippen LogP contribution in [0, 0.1) is 25.5 Å². The molecule has 0 spiro atoms. The number of aromatic nitrogens is 4. The molecule has 0 amide bonds. The van der Waals surface area contributed by atoms with Gasteiger partial charge < -0.3 is 14.6 Å². The Morgan fingerprint density at radius 2 is 0.840 bits per heavy atom. The van der Waals surface area contributed by atoms with Crippen LogP contribution in [0.25, 0.3) is 45.3 Å². The zero-order valence-corrected chi connectivity index (χ0v) is 28.0. The molecule has 0 fully saturated rings. The van der Waals surface area contributed by atoms with Gasteiger partial charge in [-0.05, 0) is 61.4 Å². The van der Waals surface area contributed by atoms with Gasteiger partial charge in [-0.25, -0.2) is 18.7 Å². The van der Waals surface area contributed by atoms with E-state index in [1.165, 1.54) is 0 Å². The molecule has 0 aliphatic carbocycles. The van der Waals surface area contributed by atoms with Crippen molar-refractivity contribution in [3.63, 3.8) is 0 Å². The van der Waals surface area contributed by atoms with Gasteiger partial charge in [0.2, 0.25) is 0 Å². The summed E-state index contributed by atoms with van der Waals surface area (Å²) in [4.78, 5) is 8.36. The Morgan fingerprint density at radius 1 is 0.520 bits per heavy atom. The molecule has 2 aromatic heterocycles. The minimum absolute atomic E-state index is 0. The summed E-state index contributed by atoms with van der Waals surface area (Å²) < 4.78 is 108. The third-order valence-electron chi connectivity index (χ3n) is 7.75. The number of alkyl halides is 6. The van der Waals surface area contributed by atoms with Crippen LogP contribution in [0.3, 0.4) is 0 Å². The van der Waals surface area contributed by atoms with Crippen LogP contribution >= 0.6 is 0 Å². The van der Waals surface area contributed by atoms with Crippen molar-refractivity contribution >= 4 is 0 Å². The molecule has 5 nitrogen and oxygen atoms in total. The molecular weight excluding hydrogens is 712 g/mol. The van der Waals surface area contributed by atoms with E-state index in [1.54, 1.807) is 35.6 Å². The van der Waals surface area contributed by atoms with Gasteiger partial charge in [0.1, 0.15) is 23.3 Å². The van der Waals surface area contributed by atoms with E-state index < -0.39 is 35.1 Å². The minimum Gasteiger partial charge on any atom is -0.412 e. The van der Waals surface area contributed by atoms with Crippen molar-refractivity contribution in [1.82, 2.24) is 19.1 Å². The fourth-order valence-corrected chi connectivity index (χ4v) is 5.05. The van der Waals surface area contributed by atoms with E-state index in [1.807, 2.05) is 62.4 Å². The largest absolute Gasteiger partial charge is 0.416 e. The smallest absolute Gasteiger partial charge is 0.412 e. The van der Waals surface area contributed by atoms with Crippen LogP contribution in [0.1, 0.15) is 22.3 Å². The quantitative estimate of drug-likeness (QED) is 0.133. The van der Waals surface area contributed by atoms with Crippen molar-refractivity contribution < 1.29 is 57.7 Å². The average molecular weight is 742 g/mol. The Morgan fingerprint density at radius 3 is 1.12 bits per heavy atom. The maximum Gasteiger partial charge on any atom is 0.416 e. The Labute approximate surface area is 293 Å². The molecule has 0 aliphatic rings. The van der Waals surface area contributed by atoms with Gasteiger partial charge in [0, 0.05) is 31.2 Å². The predicted molar refractivity (Wildman–Crippen MR) is 171 cm³/mol. The Balaban J connectivity index is 0.000000260. The van der Waals surface area contributed by atoms with Crippen LogP contribution in [0.2, 0.25) is 0 Å². The molecule has 264 valence electrons. The van der Waals surface area contributed by atoms with Crippen LogP contribution < -0.4 is 0 Å². The molecule has 2 N–H and O–H groups in total. The average Bonchev–Trinajstić information content (AvgIpc) is 3.59. The second kappa shape index (κ2) is 15.4. The van der Waals surface area contributed by atoms with Gasteiger partial charge in [0.15, 0.2) is 0 Å². The minimum atomic E-state index is -4.58. The molecule has 0 atom stereocenters. The Kier molecular flexibility index (Phi) is 12.2. The summed E-state index contributed by atoms with van der Waals surface area (Å²) in [5, 5.41) is 0. The van der Waals surface area contributed by atoms with Crippen LogP contribution in [0.4, 0.5) is 35.1 Å². The second-order valence-electron chi connectivity index (χ2n) is 11.2. The number of hydrogen-bond acceptors (Lipinski definition) is 2. The summed E-state index contributed by atoms with van der Waals surface area (Å²) in [5.41, 5.74) is 3.54. The molecule has 0 saturated carbocycles. The van der Waals surface area contributed by atoms with Crippen molar-refractivity contribution in [3.05, 3.63) is 131 Å². The molecule has 0 unspecified atom stereocenters. The summed E-state index contributed by atoms with van der Waals surface area (Å²) >= 11 is 0. The Hall–Kier alpha value is -4.78. The summed E-state index contributed by atoms with van der Waals surface area (Å²) in [6, 6.07) is 20.4. The van der Waals surface area contributed by atoms with Gasteiger partial charge in [0.25, 0.3) is 0 Å². The van der Waals surface area contributed by atoms with E-state index in [-0.39, 0.29) is 45.3 Å². The number of rotatable bonds is 4. The van der Waals surface area contributed by atoms with Crippen molar-refractivity contribution in [3.8, 4) is 45.3 Å². The zero-order valence-electron chi connectivity index (χ0n) is 26.9. The number of imidazole rings is 2. The summed E-state index contributed by atoms with van der Waals surface area (Å²) in [5.74, 6) is -1.35. The summed E-state index contributed by atoms with van der Waals surface area (Å²) in [6.45, 7) is 3.94. The maximum absolute atomic E-state index is 14.2. The third kappa shape index (κ3) is 8.50. The first-order valence-electron chi connectivity index (χ1n) is 14.5. The second-order valence-corrected chi connectivity index (χ2v) is 11.2. The fourth-order valence-electron chi connectivity index (χ4n) is 5.05. The van der Waals surface area contributed by atoms with Crippen LogP contribution in [0.5, 0.6) is 0 Å². The summed E-state index contributed by atoms with van der Waals surface area (Å²) in [7, 11) is 3.41. The van der Waals surface area contributed by atoms with Crippen molar-refractivity contribution in [2.24, 2.45) is 14.1 Å². The zero-order chi connectivity index (χ0) is 35.0. The first-order chi connectivity index (χ1) is 22.5.